The lowest BCUT2D eigenvalue weighted by atomic mass is 9.99. The van der Waals surface area contributed by atoms with Crippen LogP contribution in [0.25, 0.3) is 0 Å². The zero-order valence-corrected chi connectivity index (χ0v) is 18.5. The van der Waals surface area contributed by atoms with E-state index in [0.29, 0.717) is 6.54 Å². The van der Waals surface area contributed by atoms with Crippen LogP contribution in [0.5, 0.6) is 5.88 Å². The second-order valence-corrected chi connectivity index (χ2v) is 10.2. The van der Waals surface area contributed by atoms with Crippen molar-refractivity contribution in [2.24, 2.45) is 0 Å². The molecule has 1 aliphatic heterocycles. The molecule has 0 fully saturated rings. The fourth-order valence-electron chi connectivity index (χ4n) is 4.94. The van der Waals surface area contributed by atoms with Crippen LogP contribution < -0.4 is 20.1 Å². The minimum Gasteiger partial charge on any atom is -0.475 e. The first kappa shape index (κ1) is 21.2. The third-order valence-corrected chi connectivity index (χ3v) is 7.73. The topological polar surface area (TPSA) is 121 Å². The Bertz CT molecular complexity index is 1130. The maximum atomic E-state index is 13.1. The molecule has 9 nitrogen and oxygen atoms in total. The number of urea groups is 1. The lowest BCUT2D eigenvalue weighted by Gasteiger charge is -2.25. The summed E-state index contributed by atoms with van der Waals surface area (Å²) in [6.07, 6.45) is 7.26. The Hall–Kier alpha value is -2.66. The summed E-state index contributed by atoms with van der Waals surface area (Å²) in [5.74, 6) is 0.199. The van der Waals surface area contributed by atoms with Crippen molar-refractivity contribution < 1.29 is 18.1 Å². The normalized spacial score (nSPS) is 20.6. The van der Waals surface area contributed by atoms with E-state index in [2.05, 4.69) is 26.5 Å². The number of hydrogen-bond acceptors (Lipinski definition) is 6. The average Bonchev–Trinajstić information content (AvgIpc) is 3.50. The zero-order chi connectivity index (χ0) is 22.3. The van der Waals surface area contributed by atoms with E-state index in [1.165, 1.54) is 22.0 Å². The van der Waals surface area contributed by atoms with Gasteiger partial charge in [0.2, 0.25) is 5.88 Å². The van der Waals surface area contributed by atoms with Crippen molar-refractivity contribution in [2.75, 3.05) is 25.1 Å². The van der Waals surface area contributed by atoms with Gasteiger partial charge in [-0.05, 0) is 60.8 Å². The Balaban J connectivity index is 1.33. The number of ether oxygens (including phenoxy) is 1. The third kappa shape index (κ3) is 3.83. The van der Waals surface area contributed by atoms with Crippen molar-refractivity contribution in [1.82, 2.24) is 19.8 Å². The van der Waals surface area contributed by atoms with E-state index in [0.717, 1.165) is 55.3 Å². The van der Waals surface area contributed by atoms with E-state index in [1.54, 1.807) is 0 Å². The van der Waals surface area contributed by atoms with E-state index in [4.69, 9.17) is 9.52 Å². The molecule has 0 radical (unpaired) electrons. The highest BCUT2D eigenvalue weighted by Crippen LogP contribution is 2.38. The maximum Gasteiger partial charge on any atom is 0.331 e. The van der Waals surface area contributed by atoms with E-state index in [-0.39, 0.29) is 30.0 Å². The van der Waals surface area contributed by atoms with Crippen LogP contribution >= 0.6 is 0 Å². The molecule has 2 aliphatic carbocycles. The van der Waals surface area contributed by atoms with Crippen LogP contribution in [-0.4, -0.2) is 45.9 Å². The quantitative estimate of drug-likeness (QED) is 0.525. The number of benzene rings is 1. The van der Waals surface area contributed by atoms with Crippen LogP contribution in [0.1, 0.15) is 35.1 Å². The van der Waals surface area contributed by atoms with Gasteiger partial charge in [0.25, 0.3) is 0 Å². The number of aryl methyl sites for hydroxylation is 2. The monoisotopic (exact) mass is 462 g/mol. The summed E-state index contributed by atoms with van der Waals surface area (Å²) in [7, 11) is -3.69. The van der Waals surface area contributed by atoms with E-state index >= 15 is 0 Å². The molecule has 0 bridgehead atoms. The van der Waals surface area contributed by atoms with Crippen molar-refractivity contribution in [2.45, 2.75) is 56.0 Å². The van der Waals surface area contributed by atoms with Gasteiger partial charge in [-0.3, -0.25) is 0 Å². The van der Waals surface area contributed by atoms with Gasteiger partial charge in [0.05, 0.1) is 18.8 Å². The number of carbonyl (C=O) groups is 1. The van der Waals surface area contributed by atoms with Gasteiger partial charge in [0.15, 0.2) is 9.92 Å². The molecule has 4 N–H and O–H groups in total. The van der Waals surface area contributed by atoms with Crippen LogP contribution in [0.4, 0.5) is 14.9 Å². The highest BCUT2D eigenvalue weighted by Gasteiger charge is 2.30. The van der Waals surface area contributed by atoms with Gasteiger partial charge in [-0.25, -0.2) is 27.6 Å². The number of aromatic nitrogens is 2. The molecule has 0 spiro atoms. The van der Waals surface area contributed by atoms with Crippen LogP contribution in [0.3, 0.4) is 0 Å². The lowest BCUT2D eigenvalue weighted by Crippen LogP contribution is -2.43. The zero-order valence-electron chi connectivity index (χ0n) is 17.7. The number of rotatable bonds is 6. The number of carbonyl (C=O) groups excluding carboxylic acids is 1. The standard InChI is InChI=1S/C21H27FN6O3S/c22-7-8-24-15-11-28-20(31-12-15)18(10-25-28)32(23,30)27-21(29)26-19-16-5-1-3-13(16)9-14-4-2-6-17(14)19/h9-10,15,24H,1-8,11-12H2,(H3,23,26,27,29,30)/t15-,32+/m0/s1. The molecule has 2 atom stereocenters. The Kier molecular flexibility index (Phi) is 5.54. The average molecular weight is 463 g/mol. The van der Waals surface area contributed by atoms with Gasteiger partial charge in [-0.1, -0.05) is 6.07 Å². The predicted octanol–water partition coefficient (Wildman–Crippen LogP) is 2.32. The Morgan fingerprint density at radius 2 is 1.97 bits per heavy atom. The van der Waals surface area contributed by atoms with Crippen LogP contribution in [0.15, 0.2) is 17.2 Å². The first-order chi connectivity index (χ1) is 15.5. The SMILES string of the molecule is N=[S@@](=O)(NC(=O)Nc1c2c(cc3c1CCC3)CCC2)c1cnn2c1OC[C@@H](NCCF)C2. The highest BCUT2D eigenvalue weighted by atomic mass is 32.2. The maximum absolute atomic E-state index is 13.1. The molecule has 32 heavy (non-hydrogen) atoms. The summed E-state index contributed by atoms with van der Waals surface area (Å²) in [5.41, 5.74) is 5.71. The Morgan fingerprint density at radius 3 is 2.66 bits per heavy atom. The molecule has 5 rings (SSSR count). The Labute approximate surface area is 186 Å². The van der Waals surface area contributed by atoms with Crippen molar-refractivity contribution in [3.05, 3.63) is 34.5 Å². The number of amides is 2. The lowest BCUT2D eigenvalue weighted by molar-refractivity contribution is 0.177. The number of hydrogen-bond donors (Lipinski definition) is 4. The Morgan fingerprint density at radius 1 is 1.25 bits per heavy atom. The second kappa shape index (κ2) is 8.36. The molecule has 2 heterocycles. The molecule has 2 amide bonds. The van der Waals surface area contributed by atoms with Gasteiger partial charge < -0.3 is 15.4 Å². The van der Waals surface area contributed by atoms with Crippen LogP contribution in [-0.2, 0) is 42.1 Å². The summed E-state index contributed by atoms with van der Waals surface area (Å²) >= 11 is 0. The fraction of sp³-hybridized carbons (Fsp3) is 0.524. The molecule has 0 saturated carbocycles. The molecular weight excluding hydrogens is 435 g/mol. The van der Waals surface area contributed by atoms with Crippen molar-refractivity contribution in [3.8, 4) is 5.88 Å². The largest absolute Gasteiger partial charge is 0.475 e. The summed E-state index contributed by atoms with van der Waals surface area (Å²) in [6.45, 7) is 0.366. The summed E-state index contributed by atoms with van der Waals surface area (Å²) < 4.78 is 43.3. The first-order valence-corrected chi connectivity index (χ1v) is 12.5. The van der Waals surface area contributed by atoms with Gasteiger partial charge in [0, 0.05) is 12.2 Å². The third-order valence-electron chi connectivity index (χ3n) is 6.36. The molecule has 2 aromatic rings. The van der Waals surface area contributed by atoms with Crippen molar-refractivity contribution in [1.29, 1.82) is 4.78 Å². The van der Waals surface area contributed by atoms with Gasteiger partial charge in [0.1, 0.15) is 18.2 Å². The number of fused-ring (bicyclic) bond motifs is 3. The number of nitrogens with zero attached hydrogens (tertiary/aromatic N) is 2. The molecule has 3 aliphatic rings. The number of anilines is 1. The van der Waals surface area contributed by atoms with Crippen molar-refractivity contribution >= 4 is 21.6 Å². The molecule has 0 unspecified atom stereocenters. The number of alkyl halides is 1. The van der Waals surface area contributed by atoms with Crippen LogP contribution in [0, 0.1) is 4.78 Å². The molecule has 172 valence electrons. The second-order valence-electron chi connectivity index (χ2n) is 8.49. The smallest absolute Gasteiger partial charge is 0.331 e. The molecule has 1 aromatic heterocycles. The highest BCUT2D eigenvalue weighted by molar-refractivity contribution is 7.91. The predicted molar refractivity (Wildman–Crippen MR) is 117 cm³/mol. The first-order valence-electron chi connectivity index (χ1n) is 11.0. The van der Waals surface area contributed by atoms with E-state index in [9.17, 15) is 13.4 Å². The van der Waals surface area contributed by atoms with E-state index in [1.807, 2.05) is 0 Å². The summed E-state index contributed by atoms with van der Waals surface area (Å²) in [6, 6.07) is 1.47. The molecule has 0 saturated heterocycles. The summed E-state index contributed by atoms with van der Waals surface area (Å²) in [4.78, 5) is 12.9. The fourth-order valence-corrected chi connectivity index (χ4v) is 5.97. The minimum absolute atomic E-state index is 0.0279. The molecular formula is C21H27FN6O3S. The number of nitrogens with one attached hydrogen (secondary N) is 4. The van der Waals surface area contributed by atoms with Gasteiger partial charge in [-0.15, -0.1) is 0 Å². The van der Waals surface area contributed by atoms with Crippen LogP contribution in [0.2, 0.25) is 0 Å². The van der Waals surface area contributed by atoms with Gasteiger partial charge >= 0.3 is 6.03 Å². The molecule has 1 aromatic carbocycles. The van der Waals surface area contributed by atoms with Crippen molar-refractivity contribution in [3.63, 3.8) is 0 Å². The van der Waals surface area contributed by atoms with E-state index < -0.39 is 22.6 Å². The minimum atomic E-state index is -3.69. The summed E-state index contributed by atoms with van der Waals surface area (Å²) in [5, 5.41) is 10.1. The molecule has 11 heteroatoms. The number of halogens is 1. The van der Waals surface area contributed by atoms with Gasteiger partial charge in [-0.2, -0.15) is 5.10 Å².